The second kappa shape index (κ2) is 34.2. The molecule has 0 radical (unpaired) electrons. The number of nitrogens with two attached hydrogens (primary N) is 1. The summed E-state index contributed by atoms with van der Waals surface area (Å²) in [5.74, 6) is 0. The normalized spacial score (nSPS) is 12.5. The minimum atomic E-state index is 0. The average molecular weight is 678 g/mol. The van der Waals surface area contributed by atoms with Crippen molar-refractivity contribution in [3.05, 3.63) is 0 Å². The van der Waals surface area contributed by atoms with Crippen molar-refractivity contribution in [2.24, 2.45) is 5.41 Å². The fourth-order valence-corrected chi connectivity index (χ4v) is 6.10. The monoisotopic (exact) mass is 678 g/mol. The first-order valence-corrected chi connectivity index (χ1v) is 18.8. The van der Waals surface area contributed by atoms with Gasteiger partial charge in [0.1, 0.15) is 0 Å². The molecule has 0 aliphatic heterocycles. The predicted octanol–water partition coefficient (Wildman–Crippen LogP) is 9.71. The Morgan fingerprint density at radius 1 is 0.425 bits per heavy atom. The van der Waals surface area contributed by atoms with Crippen LogP contribution in [0.2, 0.25) is 0 Å². The number of quaternary nitrogens is 1. The van der Waals surface area contributed by atoms with Gasteiger partial charge in [0, 0.05) is 0 Å². The summed E-state index contributed by atoms with van der Waals surface area (Å²) in [4.78, 5) is 0. The molecule has 2 heteroatoms. The van der Waals surface area contributed by atoms with Crippen LogP contribution >= 0.6 is 0 Å². The summed E-state index contributed by atoms with van der Waals surface area (Å²) in [5, 5.41) is 2.63. The zero-order chi connectivity index (χ0) is 28.7. The molecule has 0 aromatic heterocycles. The number of hydrogen-bond donors (Lipinski definition) is 1. The average Bonchev–Trinajstić information content (AvgIpc) is 2.90. The third kappa shape index (κ3) is 38.7. The molecular formula is C38H80IN. The highest BCUT2D eigenvalue weighted by molar-refractivity contribution is 4.61. The van der Waals surface area contributed by atoms with Crippen LogP contribution in [0.3, 0.4) is 0 Å². The van der Waals surface area contributed by atoms with Crippen molar-refractivity contribution >= 4 is 0 Å². The van der Waals surface area contributed by atoms with Crippen LogP contribution < -0.4 is 29.3 Å². The lowest BCUT2D eigenvalue weighted by Crippen LogP contribution is -3.00. The summed E-state index contributed by atoms with van der Waals surface area (Å²) >= 11 is 0. The van der Waals surface area contributed by atoms with Crippen LogP contribution in [-0.2, 0) is 0 Å². The van der Waals surface area contributed by atoms with Crippen molar-refractivity contribution in [3.8, 4) is 0 Å². The highest BCUT2D eigenvalue weighted by Gasteiger charge is 2.08. The fraction of sp³-hybridized carbons (Fsp3) is 1.00. The van der Waals surface area contributed by atoms with Crippen molar-refractivity contribution in [3.63, 3.8) is 0 Å². The van der Waals surface area contributed by atoms with Crippen molar-refractivity contribution in [1.29, 1.82) is 0 Å². The van der Waals surface area contributed by atoms with Crippen LogP contribution in [0.15, 0.2) is 0 Å². The van der Waals surface area contributed by atoms with Gasteiger partial charge >= 0.3 is 0 Å². The van der Waals surface area contributed by atoms with Gasteiger partial charge in [0.2, 0.25) is 0 Å². The summed E-state index contributed by atoms with van der Waals surface area (Å²) in [7, 11) is 0. The lowest BCUT2D eigenvalue weighted by Gasteiger charge is -2.17. The number of hydrogen-bond acceptors (Lipinski definition) is 0. The van der Waals surface area contributed by atoms with Crippen LogP contribution in [0.1, 0.15) is 227 Å². The summed E-state index contributed by atoms with van der Waals surface area (Å²) in [6, 6.07) is 0.840. The van der Waals surface area contributed by atoms with E-state index in [1.54, 1.807) is 0 Å². The standard InChI is InChI=1S/C38H79N.HI/c1-6-7-8-9-10-11-19-22-25-28-31-34-37(2)39-36-33-30-27-24-21-18-16-14-12-13-15-17-20-23-26-29-32-35-38(3,4)5;/h37,39H,6-36H2,1-5H3;1H. The van der Waals surface area contributed by atoms with Gasteiger partial charge in [0.25, 0.3) is 0 Å². The first kappa shape index (κ1) is 42.8. The van der Waals surface area contributed by atoms with Gasteiger partial charge in [-0.05, 0) is 44.4 Å². The van der Waals surface area contributed by atoms with Gasteiger partial charge in [-0.15, -0.1) is 0 Å². The molecule has 0 saturated carbocycles. The van der Waals surface area contributed by atoms with Crippen LogP contribution in [0.5, 0.6) is 0 Å². The van der Waals surface area contributed by atoms with E-state index in [1.807, 2.05) is 0 Å². The third-order valence-corrected chi connectivity index (χ3v) is 8.96. The highest BCUT2D eigenvalue weighted by Crippen LogP contribution is 2.23. The van der Waals surface area contributed by atoms with E-state index in [9.17, 15) is 0 Å². The molecule has 0 aromatic carbocycles. The lowest BCUT2D eigenvalue weighted by atomic mass is 9.89. The second-order valence-corrected chi connectivity index (χ2v) is 14.6. The zero-order valence-electron chi connectivity index (χ0n) is 29.0. The van der Waals surface area contributed by atoms with E-state index in [2.05, 4.69) is 39.9 Å². The van der Waals surface area contributed by atoms with Gasteiger partial charge in [-0.3, -0.25) is 0 Å². The van der Waals surface area contributed by atoms with E-state index in [4.69, 9.17) is 0 Å². The van der Waals surface area contributed by atoms with Gasteiger partial charge in [0.05, 0.1) is 12.6 Å². The van der Waals surface area contributed by atoms with Gasteiger partial charge in [0.15, 0.2) is 0 Å². The number of rotatable bonds is 32. The predicted molar refractivity (Wildman–Crippen MR) is 180 cm³/mol. The molecule has 1 atom stereocenters. The molecule has 0 spiro atoms. The number of unbranched alkanes of at least 4 members (excludes halogenated alkanes) is 26. The molecule has 0 bridgehead atoms. The molecule has 0 aliphatic carbocycles. The first-order chi connectivity index (χ1) is 19.0. The van der Waals surface area contributed by atoms with Crippen molar-refractivity contribution < 1.29 is 29.3 Å². The SMILES string of the molecule is CCCCCCCCCCCCCC(C)[NH2+]CCCCCCCCCCCCCCCCCCCC(C)(C)C.[I-]. The Kier molecular flexibility index (Phi) is 36.6. The Labute approximate surface area is 273 Å². The van der Waals surface area contributed by atoms with Crippen LogP contribution in [0.4, 0.5) is 0 Å². The van der Waals surface area contributed by atoms with Crippen LogP contribution in [0, 0.1) is 5.41 Å². The van der Waals surface area contributed by atoms with E-state index < -0.39 is 0 Å². The van der Waals surface area contributed by atoms with Gasteiger partial charge in [-0.1, -0.05) is 188 Å². The summed E-state index contributed by atoms with van der Waals surface area (Å²) in [5.41, 5.74) is 0.531. The van der Waals surface area contributed by atoms with Crippen molar-refractivity contribution in [2.45, 2.75) is 233 Å². The summed E-state index contributed by atoms with van der Waals surface area (Å²) in [6.07, 6.45) is 43.9. The molecule has 1 nitrogen and oxygen atoms in total. The smallest absolute Gasteiger partial charge is 0.0830 e. The molecule has 0 fully saturated rings. The van der Waals surface area contributed by atoms with E-state index in [1.165, 1.54) is 199 Å². The Morgan fingerprint density at radius 2 is 0.725 bits per heavy atom. The maximum absolute atomic E-state index is 2.63. The molecule has 0 aliphatic rings. The molecule has 40 heavy (non-hydrogen) atoms. The van der Waals surface area contributed by atoms with E-state index in [0.29, 0.717) is 5.41 Å². The van der Waals surface area contributed by atoms with E-state index in [0.717, 1.165) is 6.04 Å². The molecule has 0 saturated heterocycles. The lowest BCUT2D eigenvalue weighted by molar-refractivity contribution is -0.687. The van der Waals surface area contributed by atoms with E-state index in [-0.39, 0.29) is 24.0 Å². The maximum atomic E-state index is 2.63. The molecular weight excluding hydrogens is 597 g/mol. The fourth-order valence-electron chi connectivity index (χ4n) is 6.10. The maximum Gasteiger partial charge on any atom is 0.0830 e. The van der Waals surface area contributed by atoms with E-state index >= 15 is 0 Å². The molecule has 244 valence electrons. The molecule has 0 rings (SSSR count). The molecule has 1 unspecified atom stereocenters. The minimum Gasteiger partial charge on any atom is -1.00 e. The van der Waals surface area contributed by atoms with Crippen LogP contribution in [0.25, 0.3) is 0 Å². The van der Waals surface area contributed by atoms with Crippen molar-refractivity contribution in [1.82, 2.24) is 0 Å². The topological polar surface area (TPSA) is 16.6 Å². The van der Waals surface area contributed by atoms with Crippen LogP contribution in [-0.4, -0.2) is 12.6 Å². The van der Waals surface area contributed by atoms with Gasteiger partial charge in [-0.25, -0.2) is 0 Å². The summed E-state index contributed by atoms with van der Waals surface area (Å²) < 4.78 is 0. The molecule has 0 heterocycles. The van der Waals surface area contributed by atoms with Gasteiger partial charge < -0.3 is 29.3 Å². The Bertz CT molecular complexity index is 443. The second-order valence-electron chi connectivity index (χ2n) is 14.6. The minimum absolute atomic E-state index is 0. The molecule has 0 aromatic rings. The Hall–Kier alpha value is 0.690. The Balaban J connectivity index is 0. The van der Waals surface area contributed by atoms with Gasteiger partial charge in [-0.2, -0.15) is 0 Å². The third-order valence-electron chi connectivity index (χ3n) is 8.96. The largest absolute Gasteiger partial charge is 1.00 e. The zero-order valence-corrected chi connectivity index (χ0v) is 31.1. The number of halogens is 1. The van der Waals surface area contributed by atoms with Crippen molar-refractivity contribution in [2.75, 3.05) is 6.54 Å². The molecule has 2 N–H and O–H groups in total. The first-order valence-electron chi connectivity index (χ1n) is 18.8. The quantitative estimate of drug-likeness (QED) is 0.0540. The molecule has 0 amide bonds. The summed E-state index contributed by atoms with van der Waals surface area (Å²) in [6.45, 7) is 13.2. The highest BCUT2D eigenvalue weighted by atomic mass is 127. The Morgan fingerprint density at radius 3 is 1.07 bits per heavy atom.